The van der Waals surface area contributed by atoms with E-state index in [-0.39, 0.29) is 12.6 Å². The third-order valence-electron chi connectivity index (χ3n) is 6.30. The van der Waals surface area contributed by atoms with E-state index in [2.05, 4.69) is 58.6 Å². The second-order valence-corrected chi connectivity index (χ2v) is 8.73. The van der Waals surface area contributed by atoms with Crippen molar-refractivity contribution in [2.75, 3.05) is 5.32 Å². The van der Waals surface area contributed by atoms with Crippen LogP contribution in [0, 0.1) is 13.8 Å². The van der Waals surface area contributed by atoms with E-state index >= 15 is 0 Å². The van der Waals surface area contributed by atoms with Crippen LogP contribution in [0.15, 0.2) is 48.9 Å². The van der Waals surface area contributed by atoms with Crippen LogP contribution in [-0.4, -0.2) is 29.8 Å². The second-order valence-electron chi connectivity index (χ2n) is 8.73. The second kappa shape index (κ2) is 8.75. The highest BCUT2D eigenvalue weighted by Gasteiger charge is 2.24. The predicted octanol–water partition coefficient (Wildman–Crippen LogP) is 4.50. The first-order valence-corrected chi connectivity index (χ1v) is 11.4. The summed E-state index contributed by atoms with van der Waals surface area (Å²) in [5.74, 6) is 0.854. The lowest BCUT2D eigenvalue weighted by molar-refractivity contribution is 0.276. The summed E-state index contributed by atoms with van der Waals surface area (Å²) >= 11 is 0. The van der Waals surface area contributed by atoms with E-state index in [1.165, 1.54) is 22.3 Å². The number of nitrogens with one attached hydrogen (secondary N) is 1. The maximum Gasteiger partial charge on any atom is 0.152 e. The quantitative estimate of drug-likeness (QED) is 0.459. The Bertz CT molecular complexity index is 1290. The molecule has 5 rings (SSSR count). The summed E-state index contributed by atoms with van der Waals surface area (Å²) < 4.78 is 1.88. The van der Waals surface area contributed by atoms with E-state index in [9.17, 15) is 5.11 Å². The van der Waals surface area contributed by atoms with Gasteiger partial charge in [-0.25, -0.2) is 9.97 Å². The van der Waals surface area contributed by atoms with Gasteiger partial charge in [-0.3, -0.25) is 0 Å². The van der Waals surface area contributed by atoms with E-state index in [0.29, 0.717) is 5.69 Å². The van der Waals surface area contributed by atoms with Crippen LogP contribution in [0.25, 0.3) is 17.1 Å². The van der Waals surface area contributed by atoms with Gasteiger partial charge in [-0.2, -0.15) is 0 Å². The molecule has 0 aliphatic heterocycles. The Morgan fingerprint density at radius 2 is 1.82 bits per heavy atom. The normalized spacial score (nSPS) is 13.7. The molecule has 2 N–H and O–H groups in total. The van der Waals surface area contributed by atoms with Gasteiger partial charge in [0.15, 0.2) is 5.82 Å². The number of hydrogen-bond acceptors (Lipinski definition) is 6. The highest BCUT2D eigenvalue weighted by atomic mass is 16.3. The van der Waals surface area contributed by atoms with Crippen molar-refractivity contribution in [1.29, 1.82) is 0 Å². The summed E-state index contributed by atoms with van der Waals surface area (Å²) in [6.07, 6.45) is 6.65. The number of hydrogen-bond donors (Lipinski definition) is 2. The van der Waals surface area contributed by atoms with Gasteiger partial charge < -0.3 is 15.0 Å². The minimum atomic E-state index is -0.163. The van der Waals surface area contributed by atoms with E-state index < -0.39 is 0 Å². The van der Waals surface area contributed by atoms with Gasteiger partial charge in [-0.05, 0) is 63.3 Å². The largest absolute Gasteiger partial charge is 0.390 e. The van der Waals surface area contributed by atoms with Gasteiger partial charge in [0.1, 0.15) is 5.69 Å². The van der Waals surface area contributed by atoms with Crippen molar-refractivity contribution >= 4 is 5.82 Å². The highest BCUT2D eigenvalue weighted by Crippen LogP contribution is 2.35. The zero-order valence-corrected chi connectivity index (χ0v) is 19.2. The molecule has 0 saturated carbocycles. The summed E-state index contributed by atoms with van der Waals surface area (Å²) in [5, 5.41) is 22.7. The number of fused-ring (bicyclic) bond motifs is 1. The van der Waals surface area contributed by atoms with Gasteiger partial charge in [0.25, 0.3) is 0 Å². The van der Waals surface area contributed by atoms with Crippen molar-refractivity contribution in [1.82, 2.24) is 24.7 Å². The molecule has 0 bridgehead atoms. The fraction of sp³-hybridized carbons (Fsp3) is 0.308. The number of nitrogens with zero attached hydrogens (tertiary/aromatic N) is 5. The van der Waals surface area contributed by atoms with E-state index in [4.69, 9.17) is 4.98 Å². The number of aliphatic hydroxyl groups excluding tert-OH is 1. The van der Waals surface area contributed by atoms with Gasteiger partial charge >= 0.3 is 0 Å². The molecule has 0 saturated heterocycles. The Morgan fingerprint density at radius 1 is 1.03 bits per heavy atom. The summed E-state index contributed by atoms with van der Waals surface area (Å²) in [6.45, 7) is 6.01. The Hall–Kier alpha value is -3.58. The van der Waals surface area contributed by atoms with Crippen LogP contribution in [-0.2, 0) is 19.4 Å². The molecule has 1 atom stereocenters. The zero-order valence-electron chi connectivity index (χ0n) is 19.2. The Morgan fingerprint density at radius 3 is 2.55 bits per heavy atom. The molecule has 3 heterocycles. The third kappa shape index (κ3) is 4.12. The number of benzene rings is 1. The number of rotatable bonds is 6. The minimum absolute atomic E-state index is 0.132. The number of pyridine rings is 1. The third-order valence-corrected chi connectivity index (χ3v) is 6.30. The molecule has 1 aromatic carbocycles. The van der Waals surface area contributed by atoms with Crippen molar-refractivity contribution in [2.24, 2.45) is 0 Å². The van der Waals surface area contributed by atoms with Gasteiger partial charge in [-0.15, -0.1) is 10.2 Å². The van der Waals surface area contributed by atoms with Crippen molar-refractivity contribution in [3.8, 4) is 17.1 Å². The summed E-state index contributed by atoms with van der Waals surface area (Å²) in [7, 11) is 0. The van der Waals surface area contributed by atoms with E-state index in [0.717, 1.165) is 47.8 Å². The van der Waals surface area contributed by atoms with Gasteiger partial charge in [-0.1, -0.05) is 29.8 Å². The maximum absolute atomic E-state index is 9.98. The molecule has 4 aromatic rings. The predicted molar refractivity (Wildman–Crippen MR) is 128 cm³/mol. The summed E-state index contributed by atoms with van der Waals surface area (Å²) in [5.41, 5.74) is 8.76. The molecule has 168 valence electrons. The first-order chi connectivity index (χ1) is 16.0. The molecule has 0 fully saturated rings. The van der Waals surface area contributed by atoms with Crippen LogP contribution in [0.5, 0.6) is 0 Å². The summed E-state index contributed by atoms with van der Waals surface area (Å²) in [4.78, 5) is 9.03. The van der Waals surface area contributed by atoms with Crippen molar-refractivity contribution in [3.05, 3.63) is 82.6 Å². The zero-order chi connectivity index (χ0) is 22.9. The Kier molecular flexibility index (Phi) is 5.64. The lowest BCUT2D eigenvalue weighted by Gasteiger charge is -2.18. The molecule has 7 nitrogen and oxygen atoms in total. The highest BCUT2D eigenvalue weighted by molar-refractivity contribution is 5.67. The van der Waals surface area contributed by atoms with Gasteiger partial charge in [0.2, 0.25) is 0 Å². The molecular formula is C26H28N6O. The van der Waals surface area contributed by atoms with Crippen molar-refractivity contribution in [3.63, 3.8) is 0 Å². The molecule has 0 amide bonds. The van der Waals surface area contributed by atoms with Crippen LogP contribution in [0.2, 0.25) is 0 Å². The van der Waals surface area contributed by atoms with Crippen molar-refractivity contribution in [2.45, 2.75) is 52.7 Å². The molecule has 0 radical (unpaired) electrons. The molecule has 1 aliphatic rings. The molecule has 1 aliphatic carbocycles. The van der Waals surface area contributed by atoms with E-state index in [1.54, 1.807) is 6.33 Å². The Balaban J connectivity index is 1.47. The molecular weight excluding hydrogens is 412 g/mol. The molecule has 7 heteroatoms. The first kappa shape index (κ1) is 21.3. The smallest absolute Gasteiger partial charge is 0.152 e. The average Bonchev–Trinajstić information content (AvgIpc) is 3.49. The molecule has 33 heavy (non-hydrogen) atoms. The van der Waals surface area contributed by atoms with E-state index in [1.807, 2.05) is 29.8 Å². The van der Waals surface area contributed by atoms with Crippen molar-refractivity contribution < 1.29 is 5.11 Å². The Labute approximate surface area is 193 Å². The fourth-order valence-electron chi connectivity index (χ4n) is 4.48. The maximum atomic E-state index is 9.98. The summed E-state index contributed by atoms with van der Waals surface area (Å²) in [6, 6.07) is 12.6. The number of aromatic nitrogens is 5. The van der Waals surface area contributed by atoms with Gasteiger partial charge in [0, 0.05) is 11.8 Å². The fourth-order valence-corrected chi connectivity index (χ4v) is 4.48. The standard InChI is InChI=1S/C26H28N6O/c1-16-7-9-19(10-8-16)18(3)28-26-21-6-4-5-20(21)25(30-31-26)22-11-12-24(23(14-33)29-22)32-13-17(2)27-15-32/h7-13,15,18,33H,4-6,14H2,1-3H3,(H,28,31)/t18-/m0/s1. The number of aliphatic hydroxyl groups is 1. The minimum Gasteiger partial charge on any atom is -0.390 e. The van der Waals surface area contributed by atoms with Crippen LogP contribution in [0.3, 0.4) is 0 Å². The van der Waals surface area contributed by atoms with Crippen LogP contribution < -0.4 is 5.32 Å². The number of aryl methyl sites for hydroxylation is 2. The molecule has 0 unspecified atom stereocenters. The topological polar surface area (TPSA) is 88.8 Å². The molecule has 3 aromatic heterocycles. The van der Waals surface area contributed by atoms with Gasteiger partial charge in [0.05, 0.1) is 41.7 Å². The average molecular weight is 441 g/mol. The van der Waals surface area contributed by atoms with Crippen LogP contribution >= 0.6 is 0 Å². The number of anilines is 1. The SMILES string of the molecule is Cc1ccc([C@H](C)Nc2nnc(-c3ccc(-n4cnc(C)c4)c(CO)n3)c3c2CCC3)cc1. The lowest BCUT2D eigenvalue weighted by atomic mass is 10.0. The monoisotopic (exact) mass is 440 g/mol. The lowest BCUT2D eigenvalue weighted by Crippen LogP contribution is -2.12. The first-order valence-electron chi connectivity index (χ1n) is 11.4. The van der Waals surface area contributed by atoms with Crippen LogP contribution in [0.4, 0.5) is 5.82 Å². The molecule has 0 spiro atoms. The van der Waals surface area contributed by atoms with Crippen LogP contribution in [0.1, 0.15) is 53.0 Å². The number of imidazole rings is 1.